The average molecular weight is 270 g/mol. The molecular formula is C15H18N4O. The Bertz CT molecular complexity index is 682. The third-order valence-electron chi connectivity index (χ3n) is 4.74. The summed E-state index contributed by atoms with van der Waals surface area (Å²) in [4.78, 5) is 12.3. The number of aromatic amines is 1. The van der Waals surface area contributed by atoms with Crippen LogP contribution in [0.5, 0.6) is 0 Å². The molecule has 2 fully saturated rings. The van der Waals surface area contributed by atoms with Crippen molar-refractivity contribution in [2.24, 2.45) is 11.3 Å². The summed E-state index contributed by atoms with van der Waals surface area (Å²) in [7, 11) is 0. The van der Waals surface area contributed by atoms with E-state index in [1.807, 2.05) is 6.07 Å². The van der Waals surface area contributed by atoms with Gasteiger partial charge in [-0.2, -0.15) is 5.10 Å². The lowest BCUT2D eigenvalue weighted by Crippen LogP contribution is -2.31. The summed E-state index contributed by atoms with van der Waals surface area (Å²) in [6.07, 6.45) is 5.17. The Balaban J connectivity index is 1.53. The first kappa shape index (κ1) is 11.8. The number of fused-ring (bicyclic) bond motifs is 1. The quantitative estimate of drug-likeness (QED) is 0.744. The fourth-order valence-electron chi connectivity index (χ4n) is 3.13. The molecule has 4 N–H and O–H groups in total. The molecule has 2 aromatic rings. The van der Waals surface area contributed by atoms with Crippen molar-refractivity contribution >= 4 is 22.5 Å². The number of hydrogen-bond donors (Lipinski definition) is 3. The molecule has 2 aliphatic carbocycles. The average Bonchev–Trinajstić information content (AvgIpc) is 3.32. The summed E-state index contributed by atoms with van der Waals surface area (Å²) < 4.78 is 0. The van der Waals surface area contributed by atoms with Crippen LogP contribution < -0.4 is 11.1 Å². The first-order valence-electron chi connectivity index (χ1n) is 7.20. The molecule has 0 spiro atoms. The Labute approximate surface area is 116 Å². The van der Waals surface area contributed by atoms with Crippen molar-refractivity contribution in [1.82, 2.24) is 15.5 Å². The number of H-pyrrole nitrogens is 1. The SMILES string of the molecule is Nc1ccc2[nH]nc(C(=O)NCC3(C4CC4)CC3)c2c1. The van der Waals surface area contributed by atoms with Crippen LogP contribution in [0.25, 0.3) is 10.9 Å². The van der Waals surface area contributed by atoms with E-state index in [1.165, 1.54) is 25.7 Å². The predicted molar refractivity (Wildman–Crippen MR) is 77.2 cm³/mol. The van der Waals surface area contributed by atoms with Crippen LogP contribution in [0, 0.1) is 11.3 Å². The molecule has 1 heterocycles. The van der Waals surface area contributed by atoms with Gasteiger partial charge < -0.3 is 11.1 Å². The smallest absolute Gasteiger partial charge is 0.272 e. The molecule has 0 bridgehead atoms. The van der Waals surface area contributed by atoms with Crippen LogP contribution in [-0.2, 0) is 0 Å². The topological polar surface area (TPSA) is 83.8 Å². The van der Waals surface area contributed by atoms with Crippen LogP contribution in [0.3, 0.4) is 0 Å². The fourth-order valence-corrected chi connectivity index (χ4v) is 3.13. The minimum Gasteiger partial charge on any atom is -0.399 e. The maximum atomic E-state index is 12.3. The van der Waals surface area contributed by atoms with Crippen LogP contribution in [0.4, 0.5) is 5.69 Å². The summed E-state index contributed by atoms with van der Waals surface area (Å²) in [6.45, 7) is 0.785. The Kier molecular flexibility index (Phi) is 2.34. The third kappa shape index (κ3) is 1.85. The Hall–Kier alpha value is -2.04. The molecule has 4 rings (SSSR count). The Morgan fingerprint density at radius 1 is 1.45 bits per heavy atom. The van der Waals surface area contributed by atoms with Gasteiger partial charge in [-0.15, -0.1) is 0 Å². The number of nitrogen functional groups attached to an aromatic ring is 1. The van der Waals surface area contributed by atoms with Gasteiger partial charge in [0, 0.05) is 17.6 Å². The van der Waals surface area contributed by atoms with E-state index in [1.54, 1.807) is 12.1 Å². The predicted octanol–water partition coefficient (Wildman–Crippen LogP) is 2.07. The number of anilines is 1. The van der Waals surface area contributed by atoms with Gasteiger partial charge in [0.05, 0.1) is 5.52 Å². The molecule has 0 aliphatic heterocycles. The lowest BCUT2D eigenvalue weighted by molar-refractivity contribution is 0.0939. The maximum absolute atomic E-state index is 12.3. The molecule has 5 nitrogen and oxygen atoms in total. The van der Waals surface area contributed by atoms with E-state index in [9.17, 15) is 4.79 Å². The van der Waals surface area contributed by atoms with Gasteiger partial charge in [0.15, 0.2) is 5.69 Å². The lowest BCUT2D eigenvalue weighted by Gasteiger charge is -2.14. The number of hydrogen-bond acceptors (Lipinski definition) is 3. The molecule has 2 saturated carbocycles. The Morgan fingerprint density at radius 2 is 2.25 bits per heavy atom. The molecule has 1 aromatic carbocycles. The summed E-state index contributed by atoms with van der Waals surface area (Å²) in [5.74, 6) is 0.739. The second-order valence-electron chi connectivity index (χ2n) is 6.20. The number of aromatic nitrogens is 2. The van der Waals surface area contributed by atoms with E-state index in [2.05, 4.69) is 15.5 Å². The molecule has 1 amide bonds. The van der Waals surface area contributed by atoms with Crippen molar-refractivity contribution in [3.8, 4) is 0 Å². The maximum Gasteiger partial charge on any atom is 0.272 e. The molecule has 20 heavy (non-hydrogen) atoms. The summed E-state index contributed by atoms with van der Waals surface area (Å²) in [5, 5.41) is 10.9. The zero-order valence-electron chi connectivity index (χ0n) is 11.3. The molecule has 0 unspecified atom stereocenters. The first-order chi connectivity index (χ1) is 9.68. The number of rotatable bonds is 4. The molecular weight excluding hydrogens is 252 g/mol. The molecule has 5 heteroatoms. The lowest BCUT2D eigenvalue weighted by atomic mass is 10.0. The van der Waals surface area contributed by atoms with Crippen molar-refractivity contribution < 1.29 is 4.79 Å². The van der Waals surface area contributed by atoms with Gasteiger partial charge in [0.25, 0.3) is 5.91 Å². The van der Waals surface area contributed by atoms with Crippen molar-refractivity contribution in [1.29, 1.82) is 0 Å². The highest BCUT2D eigenvalue weighted by molar-refractivity contribution is 6.05. The zero-order chi connectivity index (χ0) is 13.7. The minimum absolute atomic E-state index is 0.103. The van der Waals surface area contributed by atoms with Crippen LogP contribution in [0.1, 0.15) is 36.2 Å². The molecule has 2 aliphatic rings. The van der Waals surface area contributed by atoms with Crippen LogP contribution in [-0.4, -0.2) is 22.6 Å². The highest BCUT2D eigenvalue weighted by atomic mass is 16.1. The van der Waals surface area contributed by atoms with Crippen LogP contribution in [0.2, 0.25) is 0 Å². The third-order valence-corrected chi connectivity index (χ3v) is 4.74. The van der Waals surface area contributed by atoms with Gasteiger partial charge in [-0.1, -0.05) is 0 Å². The number of amides is 1. The number of carbonyl (C=O) groups is 1. The second kappa shape index (κ2) is 3.98. The molecule has 1 aromatic heterocycles. The summed E-state index contributed by atoms with van der Waals surface area (Å²) >= 11 is 0. The number of carbonyl (C=O) groups excluding carboxylic acids is 1. The van der Waals surface area contributed by atoms with E-state index in [0.29, 0.717) is 16.8 Å². The highest BCUT2D eigenvalue weighted by Crippen LogP contribution is 2.60. The van der Waals surface area contributed by atoms with Crippen molar-refractivity contribution in [3.63, 3.8) is 0 Å². The van der Waals surface area contributed by atoms with Gasteiger partial charge in [0.1, 0.15) is 0 Å². The van der Waals surface area contributed by atoms with E-state index in [0.717, 1.165) is 23.4 Å². The minimum atomic E-state index is -0.103. The summed E-state index contributed by atoms with van der Waals surface area (Å²) in [5.41, 5.74) is 8.11. The van der Waals surface area contributed by atoms with Crippen LogP contribution >= 0.6 is 0 Å². The molecule has 0 atom stereocenters. The standard InChI is InChI=1S/C15H18N4O/c16-10-3-4-12-11(7-10)13(19-18-12)14(20)17-8-15(5-6-15)9-1-2-9/h3-4,7,9H,1-2,5-6,8,16H2,(H,17,20)(H,18,19). The molecule has 104 valence electrons. The van der Waals surface area contributed by atoms with Gasteiger partial charge in [-0.3, -0.25) is 9.89 Å². The van der Waals surface area contributed by atoms with Crippen molar-refractivity contribution in [3.05, 3.63) is 23.9 Å². The van der Waals surface area contributed by atoms with Crippen molar-refractivity contribution in [2.45, 2.75) is 25.7 Å². The highest BCUT2D eigenvalue weighted by Gasteiger charge is 2.53. The van der Waals surface area contributed by atoms with E-state index >= 15 is 0 Å². The molecule has 0 radical (unpaired) electrons. The van der Waals surface area contributed by atoms with Gasteiger partial charge in [-0.05, 0) is 55.2 Å². The number of benzene rings is 1. The first-order valence-corrected chi connectivity index (χ1v) is 7.20. The number of nitrogens with two attached hydrogens (primary N) is 1. The van der Waals surface area contributed by atoms with Crippen LogP contribution in [0.15, 0.2) is 18.2 Å². The van der Waals surface area contributed by atoms with Gasteiger partial charge in [-0.25, -0.2) is 0 Å². The number of nitrogens with zero attached hydrogens (tertiary/aromatic N) is 1. The second-order valence-corrected chi connectivity index (χ2v) is 6.20. The fraction of sp³-hybridized carbons (Fsp3) is 0.467. The van der Waals surface area contributed by atoms with Gasteiger partial charge >= 0.3 is 0 Å². The number of nitrogens with one attached hydrogen (secondary N) is 2. The summed E-state index contributed by atoms with van der Waals surface area (Å²) in [6, 6.07) is 5.44. The van der Waals surface area contributed by atoms with E-state index in [-0.39, 0.29) is 5.91 Å². The zero-order valence-corrected chi connectivity index (χ0v) is 11.3. The normalized spacial score (nSPS) is 20.0. The monoisotopic (exact) mass is 270 g/mol. The van der Waals surface area contributed by atoms with Crippen molar-refractivity contribution in [2.75, 3.05) is 12.3 Å². The molecule has 0 saturated heterocycles. The van der Waals surface area contributed by atoms with E-state index < -0.39 is 0 Å². The van der Waals surface area contributed by atoms with E-state index in [4.69, 9.17) is 5.73 Å². The largest absolute Gasteiger partial charge is 0.399 e. The van der Waals surface area contributed by atoms with Gasteiger partial charge in [0.2, 0.25) is 0 Å². The Morgan fingerprint density at radius 3 is 2.95 bits per heavy atom.